The summed E-state index contributed by atoms with van der Waals surface area (Å²) in [7, 11) is 0. The molecule has 3 rings (SSSR count). The average molecular weight is 468 g/mol. The third kappa shape index (κ3) is 5.87. The minimum Gasteiger partial charge on any atom is -0.480 e. The van der Waals surface area contributed by atoms with Crippen molar-refractivity contribution in [3.63, 3.8) is 0 Å². The monoisotopic (exact) mass is 467 g/mol. The largest absolute Gasteiger partial charge is 0.480 e. The summed E-state index contributed by atoms with van der Waals surface area (Å²) in [6.45, 7) is 10.2. The molecular formula is C26H33N3O5. The van der Waals surface area contributed by atoms with Crippen molar-refractivity contribution in [3.8, 4) is 0 Å². The Balaban J connectivity index is 1.69. The molecule has 2 amide bonds. The minimum absolute atomic E-state index is 0.00893. The third-order valence-electron chi connectivity index (χ3n) is 5.74. The summed E-state index contributed by atoms with van der Waals surface area (Å²) >= 11 is 0. The highest BCUT2D eigenvalue weighted by Crippen LogP contribution is 2.31. The van der Waals surface area contributed by atoms with Crippen LogP contribution in [0.4, 0.5) is 16.2 Å². The van der Waals surface area contributed by atoms with Gasteiger partial charge in [-0.25, -0.2) is 9.59 Å². The number of nitrogens with one attached hydrogen (secondary N) is 1. The summed E-state index contributed by atoms with van der Waals surface area (Å²) in [5.41, 5.74) is 1.04. The minimum atomic E-state index is -1.15. The van der Waals surface area contributed by atoms with E-state index in [0.29, 0.717) is 13.1 Å². The summed E-state index contributed by atoms with van der Waals surface area (Å²) < 4.78 is 5.16. The lowest BCUT2D eigenvalue weighted by Crippen LogP contribution is -2.63. The van der Waals surface area contributed by atoms with E-state index in [1.54, 1.807) is 37.8 Å². The lowest BCUT2D eigenvalue weighted by molar-refractivity contribution is -0.139. The molecule has 1 aliphatic rings. The van der Waals surface area contributed by atoms with Crippen molar-refractivity contribution in [1.82, 2.24) is 5.32 Å². The Bertz CT molecular complexity index is 1030. The molecule has 0 aliphatic carbocycles. The van der Waals surface area contributed by atoms with Gasteiger partial charge in [-0.2, -0.15) is 0 Å². The van der Waals surface area contributed by atoms with Gasteiger partial charge in [0.1, 0.15) is 17.2 Å². The molecule has 2 aromatic rings. The van der Waals surface area contributed by atoms with E-state index in [-0.39, 0.29) is 12.3 Å². The van der Waals surface area contributed by atoms with E-state index in [9.17, 15) is 19.5 Å². The van der Waals surface area contributed by atoms with Gasteiger partial charge in [-0.05, 0) is 64.4 Å². The number of piperazine rings is 1. The van der Waals surface area contributed by atoms with Crippen molar-refractivity contribution in [1.29, 1.82) is 0 Å². The van der Waals surface area contributed by atoms with E-state index in [2.05, 4.69) is 10.2 Å². The van der Waals surface area contributed by atoms with Gasteiger partial charge in [0, 0.05) is 30.9 Å². The van der Waals surface area contributed by atoms with E-state index >= 15 is 0 Å². The number of rotatable bonds is 6. The molecule has 0 aromatic heterocycles. The maximum atomic E-state index is 13.4. The number of alkyl carbamates (subject to hydrolysis) is 1. The Morgan fingerprint density at radius 3 is 2.21 bits per heavy atom. The summed E-state index contributed by atoms with van der Waals surface area (Å²) in [6.07, 6.45) is -0.684. The second-order valence-electron chi connectivity index (χ2n) is 9.91. The fraction of sp³-hybridized carbons (Fsp3) is 0.423. The van der Waals surface area contributed by atoms with Gasteiger partial charge >= 0.3 is 12.1 Å². The van der Waals surface area contributed by atoms with E-state index in [0.717, 1.165) is 16.9 Å². The molecule has 1 aliphatic heterocycles. The molecule has 2 N–H and O–H groups in total. The predicted octanol–water partition coefficient (Wildman–Crippen LogP) is 3.84. The van der Waals surface area contributed by atoms with Crippen molar-refractivity contribution in [2.45, 2.75) is 58.2 Å². The number of carbonyl (C=O) groups excluding carboxylic acids is 2. The standard InChI is InChI=1S/C26H33N3O5/c1-25(2,3)34-24(33)27-21(22(30)31)17-18-11-13-19(14-12-18)28-15-16-29(26(4,5)23(28)32)20-9-7-6-8-10-20/h6-14,21H,15-17H2,1-5H3,(H,27,33)(H,30,31)/t21-/m0/s1. The quantitative estimate of drug-likeness (QED) is 0.670. The van der Waals surface area contributed by atoms with Gasteiger partial charge in [0.15, 0.2) is 0 Å². The average Bonchev–Trinajstić information content (AvgIpc) is 2.75. The first-order valence-corrected chi connectivity index (χ1v) is 11.3. The molecule has 8 nitrogen and oxygen atoms in total. The van der Waals surface area contributed by atoms with Crippen LogP contribution in [-0.4, -0.2) is 53.3 Å². The first-order chi connectivity index (χ1) is 15.9. The number of nitrogens with zero attached hydrogens (tertiary/aromatic N) is 2. The fourth-order valence-electron chi connectivity index (χ4n) is 4.03. The lowest BCUT2D eigenvalue weighted by atomic mass is 9.95. The van der Waals surface area contributed by atoms with Crippen molar-refractivity contribution in [2.75, 3.05) is 22.9 Å². The number of ether oxygens (including phenoxy) is 1. The van der Waals surface area contributed by atoms with Crippen molar-refractivity contribution < 1.29 is 24.2 Å². The van der Waals surface area contributed by atoms with Crippen LogP contribution in [0.25, 0.3) is 0 Å². The zero-order valence-electron chi connectivity index (χ0n) is 20.4. The van der Waals surface area contributed by atoms with Crippen molar-refractivity contribution >= 4 is 29.3 Å². The number of anilines is 2. The Hall–Kier alpha value is -3.55. The summed E-state index contributed by atoms with van der Waals surface area (Å²) in [5, 5.41) is 11.9. The van der Waals surface area contributed by atoms with Crippen LogP contribution in [0.2, 0.25) is 0 Å². The molecule has 0 spiro atoms. The zero-order valence-corrected chi connectivity index (χ0v) is 20.4. The van der Waals surface area contributed by atoms with Gasteiger partial charge in [-0.15, -0.1) is 0 Å². The number of carbonyl (C=O) groups is 3. The number of para-hydroxylation sites is 1. The molecule has 1 saturated heterocycles. The maximum absolute atomic E-state index is 13.4. The van der Waals surface area contributed by atoms with Crippen LogP contribution in [-0.2, 0) is 20.7 Å². The van der Waals surface area contributed by atoms with Gasteiger partial charge in [-0.1, -0.05) is 30.3 Å². The Kier molecular flexibility index (Phi) is 7.19. The highest BCUT2D eigenvalue weighted by atomic mass is 16.6. The molecule has 0 bridgehead atoms. The molecule has 0 unspecified atom stereocenters. The smallest absolute Gasteiger partial charge is 0.408 e. The molecule has 0 radical (unpaired) electrons. The van der Waals surface area contributed by atoms with Gasteiger partial charge in [-0.3, -0.25) is 4.79 Å². The highest BCUT2D eigenvalue weighted by Gasteiger charge is 2.42. The Morgan fingerprint density at radius 2 is 1.65 bits per heavy atom. The number of hydrogen-bond donors (Lipinski definition) is 2. The number of benzene rings is 2. The van der Waals surface area contributed by atoms with Gasteiger partial charge in [0.05, 0.1) is 0 Å². The van der Waals surface area contributed by atoms with E-state index in [1.807, 2.05) is 56.3 Å². The van der Waals surface area contributed by atoms with Crippen LogP contribution in [0, 0.1) is 0 Å². The van der Waals surface area contributed by atoms with Gasteiger partial charge < -0.3 is 25.0 Å². The number of aliphatic carboxylic acids is 1. The number of carboxylic acids is 1. The SMILES string of the molecule is CC(C)(C)OC(=O)N[C@@H](Cc1ccc(N2CCN(c3ccccc3)C(C)(C)C2=O)cc1)C(=O)O. The summed E-state index contributed by atoms with van der Waals surface area (Å²) in [6, 6.07) is 15.9. The first kappa shape index (κ1) is 25.1. The first-order valence-electron chi connectivity index (χ1n) is 11.3. The van der Waals surface area contributed by atoms with Crippen LogP contribution in [0.3, 0.4) is 0 Å². The van der Waals surface area contributed by atoms with Crippen LogP contribution < -0.4 is 15.1 Å². The van der Waals surface area contributed by atoms with Crippen LogP contribution in [0.5, 0.6) is 0 Å². The van der Waals surface area contributed by atoms with E-state index in [4.69, 9.17) is 4.74 Å². The molecule has 1 fully saturated rings. The normalized spacial score (nSPS) is 16.7. The molecule has 182 valence electrons. The third-order valence-corrected chi connectivity index (χ3v) is 5.74. The second-order valence-corrected chi connectivity index (χ2v) is 9.91. The molecule has 1 heterocycles. The number of hydrogen-bond acceptors (Lipinski definition) is 5. The fourth-order valence-corrected chi connectivity index (χ4v) is 4.03. The zero-order chi connectivity index (χ0) is 25.1. The van der Waals surface area contributed by atoms with Gasteiger partial charge in [0.25, 0.3) is 5.91 Å². The molecule has 2 aromatic carbocycles. The molecule has 0 saturated carbocycles. The van der Waals surface area contributed by atoms with Crippen LogP contribution in [0.15, 0.2) is 54.6 Å². The topological polar surface area (TPSA) is 99.2 Å². The van der Waals surface area contributed by atoms with Gasteiger partial charge in [0.2, 0.25) is 0 Å². The highest BCUT2D eigenvalue weighted by molar-refractivity contribution is 6.03. The second kappa shape index (κ2) is 9.75. The summed E-state index contributed by atoms with van der Waals surface area (Å²) in [4.78, 5) is 40.9. The van der Waals surface area contributed by atoms with Crippen LogP contribution >= 0.6 is 0 Å². The lowest BCUT2D eigenvalue weighted by Gasteiger charge is -2.47. The number of carboxylic acid groups (broad SMARTS) is 1. The van der Waals surface area contributed by atoms with E-state index < -0.39 is 29.2 Å². The molecule has 8 heteroatoms. The molecular weight excluding hydrogens is 434 g/mol. The van der Waals surface area contributed by atoms with E-state index in [1.165, 1.54) is 0 Å². The maximum Gasteiger partial charge on any atom is 0.408 e. The molecule has 1 atom stereocenters. The van der Waals surface area contributed by atoms with Crippen LogP contribution in [0.1, 0.15) is 40.2 Å². The van der Waals surface area contributed by atoms with Crippen molar-refractivity contribution in [3.05, 3.63) is 60.2 Å². The van der Waals surface area contributed by atoms with Crippen molar-refractivity contribution in [2.24, 2.45) is 0 Å². The predicted molar refractivity (Wildman–Crippen MR) is 131 cm³/mol. The Labute approximate surface area is 200 Å². The number of amides is 2. The summed E-state index contributed by atoms with van der Waals surface area (Å²) in [5.74, 6) is -1.16. The molecule has 34 heavy (non-hydrogen) atoms. The Morgan fingerprint density at radius 1 is 1.03 bits per heavy atom.